The van der Waals surface area contributed by atoms with E-state index >= 15 is 0 Å². The highest BCUT2D eigenvalue weighted by Gasteiger charge is 2.53. The van der Waals surface area contributed by atoms with Crippen molar-refractivity contribution in [3.8, 4) is 33.4 Å². The first-order valence-corrected chi connectivity index (χ1v) is 20.0. The first kappa shape index (κ1) is 33.4. The van der Waals surface area contributed by atoms with Crippen molar-refractivity contribution in [2.75, 3.05) is 4.90 Å². The van der Waals surface area contributed by atoms with Crippen molar-refractivity contribution in [2.24, 2.45) is 0 Å². The van der Waals surface area contributed by atoms with Crippen LogP contribution in [0, 0.1) is 0 Å². The van der Waals surface area contributed by atoms with Gasteiger partial charge in [0, 0.05) is 22.5 Å². The molecule has 1 nitrogen and oxygen atoms in total. The lowest BCUT2D eigenvalue weighted by atomic mass is 9.55. The molecule has 0 amide bonds. The fourth-order valence-electron chi connectivity index (χ4n) is 10.1. The highest BCUT2D eigenvalue weighted by molar-refractivity contribution is 5.99. The van der Waals surface area contributed by atoms with E-state index in [1.54, 1.807) is 0 Å². The number of benzene rings is 9. The minimum absolute atomic E-state index is 0.118. The van der Waals surface area contributed by atoms with Crippen LogP contribution in [0.4, 0.5) is 17.1 Å². The van der Waals surface area contributed by atoms with E-state index in [2.05, 4.69) is 231 Å². The Hall–Kier alpha value is -6.96. The van der Waals surface area contributed by atoms with Crippen molar-refractivity contribution >= 4 is 27.8 Å². The van der Waals surface area contributed by atoms with Crippen LogP contribution in [0.25, 0.3) is 44.2 Å². The molecule has 0 unspecified atom stereocenters. The molecule has 1 spiro atoms. The first-order chi connectivity index (χ1) is 28.0. The normalized spacial score (nSPS) is 14.1. The number of hydrogen-bond donors (Lipinski definition) is 0. The van der Waals surface area contributed by atoms with E-state index < -0.39 is 5.41 Å². The number of fused-ring (bicyclic) bond motifs is 10. The van der Waals surface area contributed by atoms with Crippen LogP contribution in [0.1, 0.15) is 47.2 Å². The fourth-order valence-corrected chi connectivity index (χ4v) is 10.1. The third-order valence-corrected chi connectivity index (χ3v) is 12.7. The van der Waals surface area contributed by atoms with Crippen molar-refractivity contribution in [3.63, 3.8) is 0 Å². The van der Waals surface area contributed by atoms with Gasteiger partial charge in [-0.05, 0) is 120 Å². The van der Waals surface area contributed by atoms with Crippen LogP contribution in [0.15, 0.2) is 212 Å². The third-order valence-electron chi connectivity index (χ3n) is 12.7. The second-order valence-electron chi connectivity index (χ2n) is 16.1. The van der Waals surface area contributed by atoms with Gasteiger partial charge >= 0.3 is 0 Å². The molecule has 0 aromatic heterocycles. The summed E-state index contributed by atoms with van der Waals surface area (Å²) in [5.74, 6) is 0. The SMILES string of the molecule is CC1(C)c2ccccc2C2(c3ccccc3-c3c(-c4ccc5cc(N(c6ccccc6)c6ccc(-c7ccccc7)cc6)ccc5c4)cccc32)c2ccccc21. The summed E-state index contributed by atoms with van der Waals surface area (Å²) in [7, 11) is 0. The standard InChI is InChI=1S/C56H41N/c1-55(2)49-23-11-13-25-51(49)56(52-26-14-12-24-50(52)55)48-22-10-9-20-47(48)54-46(21-15-27-53(54)56)42-29-28-41-37-45(35-32-40(41)36-42)57(43-18-7-4-8-19-43)44-33-30-39(31-34-44)38-16-5-3-6-17-38/h3-37H,1-2H3. The minimum atomic E-state index is -0.406. The maximum atomic E-state index is 2.39. The van der Waals surface area contributed by atoms with Crippen molar-refractivity contribution in [2.45, 2.75) is 24.7 Å². The molecule has 270 valence electrons. The molecule has 2 aliphatic carbocycles. The summed E-state index contributed by atoms with van der Waals surface area (Å²) in [6.07, 6.45) is 0. The van der Waals surface area contributed by atoms with Crippen LogP contribution >= 0.6 is 0 Å². The second kappa shape index (κ2) is 12.8. The lowest BCUT2D eigenvalue weighted by molar-refractivity contribution is 0.563. The summed E-state index contributed by atoms with van der Waals surface area (Å²) in [5.41, 5.74) is 18.7. The van der Waals surface area contributed by atoms with Gasteiger partial charge in [0.15, 0.2) is 0 Å². The second-order valence-corrected chi connectivity index (χ2v) is 16.1. The quantitative estimate of drug-likeness (QED) is 0.171. The number of hydrogen-bond acceptors (Lipinski definition) is 1. The Morgan fingerprint density at radius 2 is 0.789 bits per heavy atom. The van der Waals surface area contributed by atoms with Crippen molar-refractivity contribution in [3.05, 3.63) is 246 Å². The smallest absolute Gasteiger partial charge is 0.0719 e. The van der Waals surface area contributed by atoms with E-state index in [-0.39, 0.29) is 5.41 Å². The molecule has 9 aromatic rings. The Morgan fingerprint density at radius 1 is 0.316 bits per heavy atom. The largest absolute Gasteiger partial charge is 0.310 e. The Bertz CT molecular complexity index is 2920. The monoisotopic (exact) mass is 727 g/mol. The molecule has 0 fully saturated rings. The topological polar surface area (TPSA) is 3.24 Å². The molecule has 1 heteroatoms. The van der Waals surface area contributed by atoms with Crippen LogP contribution in [-0.4, -0.2) is 0 Å². The van der Waals surface area contributed by atoms with E-state index in [9.17, 15) is 0 Å². The molecule has 0 bridgehead atoms. The summed E-state index contributed by atoms with van der Waals surface area (Å²) >= 11 is 0. The molecule has 0 saturated heterocycles. The molecule has 0 saturated carbocycles. The lowest BCUT2D eigenvalue weighted by Gasteiger charge is -2.46. The van der Waals surface area contributed by atoms with E-state index in [4.69, 9.17) is 0 Å². The predicted molar refractivity (Wildman–Crippen MR) is 239 cm³/mol. The van der Waals surface area contributed by atoms with E-state index in [0.717, 1.165) is 17.1 Å². The average molecular weight is 728 g/mol. The van der Waals surface area contributed by atoms with Crippen LogP contribution in [-0.2, 0) is 10.8 Å². The molecule has 11 rings (SSSR count). The van der Waals surface area contributed by atoms with Crippen LogP contribution in [0.2, 0.25) is 0 Å². The van der Waals surface area contributed by atoms with Crippen LogP contribution < -0.4 is 4.90 Å². The number of para-hydroxylation sites is 1. The highest BCUT2D eigenvalue weighted by Crippen LogP contribution is 2.63. The first-order valence-electron chi connectivity index (χ1n) is 20.0. The highest BCUT2D eigenvalue weighted by atomic mass is 15.1. The van der Waals surface area contributed by atoms with Crippen LogP contribution in [0.3, 0.4) is 0 Å². The summed E-state index contributed by atoms with van der Waals surface area (Å²) in [6.45, 7) is 4.77. The Balaban J connectivity index is 1.05. The molecule has 57 heavy (non-hydrogen) atoms. The summed E-state index contributed by atoms with van der Waals surface area (Å²) < 4.78 is 0. The Labute approximate surface area is 335 Å². The molecule has 0 aliphatic heterocycles. The molecule has 2 aliphatic rings. The number of anilines is 3. The van der Waals surface area contributed by atoms with Gasteiger partial charge in [-0.1, -0.05) is 184 Å². The number of rotatable bonds is 5. The maximum Gasteiger partial charge on any atom is 0.0719 e. The fraction of sp³-hybridized carbons (Fsp3) is 0.0714. The van der Waals surface area contributed by atoms with E-state index in [1.165, 1.54) is 77.5 Å². The molecular weight excluding hydrogens is 687 g/mol. The van der Waals surface area contributed by atoms with Crippen molar-refractivity contribution in [1.29, 1.82) is 0 Å². The van der Waals surface area contributed by atoms with Gasteiger partial charge in [0.25, 0.3) is 0 Å². The summed E-state index contributed by atoms with van der Waals surface area (Å²) in [4.78, 5) is 2.35. The predicted octanol–water partition coefficient (Wildman–Crippen LogP) is 14.6. The minimum Gasteiger partial charge on any atom is -0.310 e. The van der Waals surface area contributed by atoms with Gasteiger partial charge in [-0.25, -0.2) is 0 Å². The van der Waals surface area contributed by atoms with Gasteiger partial charge in [0.1, 0.15) is 0 Å². The zero-order valence-electron chi connectivity index (χ0n) is 32.2. The molecule has 0 atom stereocenters. The molecule has 0 radical (unpaired) electrons. The lowest BCUT2D eigenvalue weighted by Crippen LogP contribution is -2.40. The Morgan fingerprint density at radius 3 is 1.49 bits per heavy atom. The molecular formula is C56H41N. The Kier molecular flexibility index (Phi) is 7.50. The van der Waals surface area contributed by atoms with Crippen LogP contribution in [0.5, 0.6) is 0 Å². The zero-order chi connectivity index (χ0) is 38.1. The van der Waals surface area contributed by atoms with Gasteiger partial charge in [0.05, 0.1) is 5.41 Å². The van der Waals surface area contributed by atoms with Crippen molar-refractivity contribution < 1.29 is 0 Å². The van der Waals surface area contributed by atoms with E-state index in [0.29, 0.717) is 0 Å². The molecule has 0 N–H and O–H groups in total. The summed E-state index contributed by atoms with van der Waals surface area (Å²) in [5, 5.41) is 2.43. The van der Waals surface area contributed by atoms with Gasteiger partial charge < -0.3 is 4.90 Å². The van der Waals surface area contributed by atoms with Crippen molar-refractivity contribution in [1.82, 2.24) is 0 Å². The zero-order valence-corrected chi connectivity index (χ0v) is 32.2. The van der Waals surface area contributed by atoms with Gasteiger partial charge in [-0.15, -0.1) is 0 Å². The van der Waals surface area contributed by atoms with Gasteiger partial charge in [-0.2, -0.15) is 0 Å². The molecule has 9 aromatic carbocycles. The summed E-state index contributed by atoms with van der Waals surface area (Å²) in [6, 6.07) is 78.5. The molecule has 0 heterocycles. The maximum absolute atomic E-state index is 2.39. The number of nitrogens with zero attached hydrogens (tertiary/aromatic N) is 1. The third kappa shape index (κ3) is 4.95. The van der Waals surface area contributed by atoms with E-state index in [1.807, 2.05) is 0 Å². The average Bonchev–Trinajstić information content (AvgIpc) is 3.58. The van der Waals surface area contributed by atoms with Gasteiger partial charge in [-0.3, -0.25) is 0 Å². The van der Waals surface area contributed by atoms with Gasteiger partial charge in [0.2, 0.25) is 0 Å².